The Kier molecular flexibility index (Phi) is 6.47. The number of para-hydroxylation sites is 1. The van der Waals surface area contributed by atoms with Crippen molar-refractivity contribution in [3.05, 3.63) is 48.0 Å². The first-order valence-corrected chi connectivity index (χ1v) is 16.0. The first kappa shape index (κ1) is 26.8. The SMILES string of the molecule is COc1cc(C(=O)N2CC3CCC2[C@@H]3N)cc2nc(-c3cc4ccccc4n3CC3CC3)n(CCCN3CCCC3=O)c12. The summed E-state index contributed by atoms with van der Waals surface area (Å²) in [6.45, 7) is 3.94. The van der Waals surface area contributed by atoms with Crippen molar-refractivity contribution >= 4 is 33.8 Å². The van der Waals surface area contributed by atoms with Gasteiger partial charge in [0.1, 0.15) is 11.3 Å². The molecule has 2 aliphatic carbocycles. The van der Waals surface area contributed by atoms with Crippen LogP contribution in [0.3, 0.4) is 0 Å². The van der Waals surface area contributed by atoms with Crippen LogP contribution in [0.25, 0.3) is 33.5 Å². The first-order chi connectivity index (χ1) is 21.0. The summed E-state index contributed by atoms with van der Waals surface area (Å²) in [6, 6.07) is 14.8. The number of hydrogen-bond donors (Lipinski definition) is 1. The van der Waals surface area contributed by atoms with E-state index in [2.05, 4.69) is 39.5 Å². The molecule has 4 fully saturated rings. The number of imidazole rings is 1. The molecule has 0 spiro atoms. The van der Waals surface area contributed by atoms with E-state index in [9.17, 15) is 9.59 Å². The highest BCUT2D eigenvalue weighted by atomic mass is 16.5. The topological polar surface area (TPSA) is 98.6 Å². The van der Waals surface area contributed by atoms with Gasteiger partial charge in [-0.2, -0.15) is 0 Å². The number of piperidine rings is 1. The van der Waals surface area contributed by atoms with Crippen LogP contribution in [0.2, 0.25) is 0 Å². The Morgan fingerprint density at radius 2 is 1.93 bits per heavy atom. The lowest BCUT2D eigenvalue weighted by Crippen LogP contribution is -2.41. The number of rotatable bonds is 9. The van der Waals surface area contributed by atoms with Crippen LogP contribution >= 0.6 is 0 Å². The number of hydrogen-bond acceptors (Lipinski definition) is 5. The van der Waals surface area contributed by atoms with Crippen molar-refractivity contribution < 1.29 is 14.3 Å². The minimum Gasteiger partial charge on any atom is -0.494 e. The molecule has 4 heterocycles. The number of likely N-dealkylation sites (tertiary alicyclic amines) is 2. The zero-order chi connectivity index (χ0) is 29.2. The predicted molar refractivity (Wildman–Crippen MR) is 166 cm³/mol. The quantitative estimate of drug-likeness (QED) is 0.311. The molecule has 4 aliphatic rings. The number of aromatic nitrogens is 3. The van der Waals surface area contributed by atoms with Gasteiger partial charge in [0.05, 0.1) is 18.3 Å². The molecule has 2 aromatic carbocycles. The molecular formula is C34H40N6O3. The Bertz CT molecular complexity index is 1730. The lowest BCUT2D eigenvalue weighted by Gasteiger charge is -2.27. The molecule has 3 atom stereocenters. The number of benzene rings is 2. The number of methoxy groups -OCH3 is 1. The van der Waals surface area contributed by atoms with Crippen LogP contribution < -0.4 is 10.5 Å². The summed E-state index contributed by atoms with van der Waals surface area (Å²) in [6.07, 6.45) is 6.99. The maximum absolute atomic E-state index is 13.8. The van der Waals surface area contributed by atoms with Gasteiger partial charge in [0.15, 0.2) is 5.82 Å². The van der Waals surface area contributed by atoms with Crippen LogP contribution in [0.1, 0.15) is 55.3 Å². The van der Waals surface area contributed by atoms with Gasteiger partial charge in [-0.1, -0.05) is 18.2 Å². The molecule has 2 N–H and O–H groups in total. The zero-order valence-electron chi connectivity index (χ0n) is 24.9. The average Bonchev–Trinajstić information content (AvgIpc) is 3.28. The summed E-state index contributed by atoms with van der Waals surface area (Å²) in [5, 5.41) is 1.20. The smallest absolute Gasteiger partial charge is 0.254 e. The van der Waals surface area contributed by atoms with E-state index in [1.165, 1.54) is 23.7 Å². The van der Waals surface area contributed by atoms with Crippen LogP contribution in [-0.2, 0) is 17.9 Å². The predicted octanol–water partition coefficient (Wildman–Crippen LogP) is 4.65. The second kappa shape index (κ2) is 10.4. The van der Waals surface area contributed by atoms with E-state index >= 15 is 0 Å². The van der Waals surface area contributed by atoms with Crippen LogP contribution in [0.4, 0.5) is 0 Å². The van der Waals surface area contributed by atoms with Gasteiger partial charge < -0.3 is 29.4 Å². The Balaban J connectivity index is 1.23. The third kappa shape index (κ3) is 4.51. The Labute approximate surface area is 251 Å². The monoisotopic (exact) mass is 580 g/mol. The second-order valence-electron chi connectivity index (χ2n) is 13.1. The first-order valence-electron chi connectivity index (χ1n) is 16.0. The lowest BCUT2D eigenvalue weighted by atomic mass is 10.1. The van der Waals surface area contributed by atoms with Gasteiger partial charge in [-0.15, -0.1) is 0 Å². The molecule has 2 aromatic heterocycles. The van der Waals surface area contributed by atoms with Gasteiger partial charge in [-0.25, -0.2) is 4.98 Å². The molecule has 4 aromatic rings. The third-order valence-electron chi connectivity index (χ3n) is 10.3. The number of carbonyl (C=O) groups excluding carboxylic acids is 2. The van der Waals surface area contributed by atoms with Crippen LogP contribution in [0.5, 0.6) is 5.75 Å². The number of nitrogens with zero attached hydrogens (tertiary/aromatic N) is 5. The van der Waals surface area contributed by atoms with Gasteiger partial charge >= 0.3 is 0 Å². The highest BCUT2D eigenvalue weighted by Gasteiger charge is 2.47. The van der Waals surface area contributed by atoms with Crippen molar-refractivity contribution in [2.75, 3.05) is 26.7 Å². The third-order valence-corrected chi connectivity index (χ3v) is 10.3. The number of nitrogens with two attached hydrogens (primary N) is 1. The fourth-order valence-corrected chi connectivity index (χ4v) is 7.88. The van der Waals surface area contributed by atoms with E-state index in [0.717, 1.165) is 74.4 Å². The van der Waals surface area contributed by atoms with Crippen molar-refractivity contribution in [3.8, 4) is 17.3 Å². The molecule has 2 bridgehead atoms. The number of fused-ring (bicyclic) bond motifs is 4. The van der Waals surface area contributed by atoms with Gasteiger partial charge in [-0.3, -0.25) is 9.59 Å². The van der Waals surface area contributed by atoms with Crippen molar-refractivity contribution in [1.29, 1.82) is 0 Å². The van der Waals surface area contributed by atoms with Gasteiger partial charge in [0, 0.05) is 67.7 Å². The molecule has 2 saturated heterocycles. The zero-order valence-corrected chi connectivity index (χ0v) is 24.9. The fraction of sp³-hybridized carbons (Fsp3) is 0.500. The molecule has 224 valence electrons. The number of amides is 2. The summed E-state index contributed by atoms with van der Waals surface area (Å²) in [7, 11) is 1.67. The highest BCUT2D eigenvalue weighted by Crippen LogP contribution is 2.40. The van der Waals surface area contributed by atoms with E-state index in [1.807, 2.05) is 21.9 Å². The van der Waals surface area contributed by atoms with E-state index < -0.39 is 0 Å². The van der Waals surface area contributed by atoms with E-state index in [0.29, 0.717) is 36.1 Å². The standard InChI is InChI=1S/C34H40N6O3/c1-43-29-18-24(34(42)40-20-23-11-12-27(40)31(23)35)16-25-32(29)38(15-5-14-37-13-4-8-30(37)41)33(36-25)28-17-22-6-2-3-7-26(22)39(28)19-21-9-10-21/h2-3,6-7,16-18,21,23,27,31H,4-5,8-15,19-20,35H2,1H3/t23?,27?,31-/m1/s1. The summed E-state index contributed by atoms with van der Waals surface area (Å²) in [5.41, 5.74) is 11.0. The second-order valence-corrected chi connectivity index (χ2v) is 13.1. The summed E-state index contributed by atoms with van der Waals surface area (Å²) in [4.78, 5) is 35.4. The van der Waals surface area contributed by atoms with Crippen molar-refractivity contribution in [2.45, 2.75) is 70.1 Å². The molecule has 43 heavy (non-hydrogen) atoms. The van der Waals surface area contributed by atoms with Gasteiger partial charge in [0.2, 0.25) is 5.91 Å². The van der Waals surface area contributed by atoms with Crippen LogP contribution in [-0.4, -0.2) is 74.6 Å². The summed E-state index contributed by atoms with van der Waals surface area (Å²) < 4.78 is 10.7. The number of carbonyl (C=O) groups is 2. The Morgan fingerprint density at radius 1 is 1.07 bits per heavy atom. The normalized spacial score (nSPS) is 23.4. The van der Waals surface area contributed by atoms with E-state index in [-0.39, 0.29) is 23.9 Å². The molecule has 2 aliphatic heterocycles. The average molecular weight is 581 g/mol. The minimum absolute atomic E-state index is 0.00865. The summed E-state index contributed by atoms with van der Waals surface area (Å²) in [5.74, 6) is 2.86. The lowest BCUT2D eigenvalue weighted by molar-refractivity contribution is -0.127. The molecule has 9 nitrogen and oxygen atoms in total. The Hall–Kier alpha value is -3.85. The molecular weight excluding hydrogens is 540 g/mol. The maximum atomic E-state index is 13.8. The molecule has 2 amide bonds. The highest BCUT2D eigenvalue weighted by molar-refractivity contribution is 6.00. The molecule has 2 unspecified atom stereocenters. The minimum atomic E-state index is 0.00865. The molecule has 2 saturated carbocycles. The van der Waals surface area contributed by atoms with Crippen molar-refractivity contribution in [1.82, 2.24) is 23.9 Å². The van der Waals surface area contributed by atoms with E-state index in [1.54, 1.807) is 7.11 Å². The molecule has 9 heteroatoms. The molecule has 8 rings (SSSR count). The van der Waals surface area contributed by atoms with Gasteiger partial charge in [-0.05, 0) is 74.6 Å². The van der Waals surface area contributed by atoms with Crippen LogP contribution in [0, 0.1) is 11.8 Å². The largest absolute Gasteiger partial charge is 0.494 e. The Morgan fingerprint density at radius 3 is 2.65 bits per heavy atom. The van der Waals surface area contributed by atoms with Gasteiger partial charge in [0.25, 0.3) is 5.91 Å². The van der Waals surface area contributed by atoms with Crippen molar-refractivity contribution in [2.24, 2.45) is 17.6 Å². The molecule has 0 radical (unpaired) electrons. The summed E-state index contributed by atoms with van der Waals surface area (Å²) >= 11 is 0. The van der Waals surface area contributed by atoms with Crippen molar-refractivity contribution in [3.63, 3.8) is 0 Å². The maximum Gasteiger partial charge on any atom is 0.254 e. The van der Waals surface area contributed by atoms with Crippen LogP contribution in [0.15, 0.2) is 42.5 Å². The number of ether oxygens (including phenoxy) is 1. The fourth-order valence-electron chi connectivity index (χ4n) is 7.88. The number of aryl methyl sites for hydroxylation is 1. The van der Waals surface area contributed by atoms with E-state index in [4.69, 9.17) is 15.5 Å².